The second kappa shape index (κ2) is 9.48. The van der Waals surface area contributed by atoms with Gasteiger partial charge in [-0.3, -0.25) is 4.90 Å². The van der Waals surface area contributed by atoms with Crippen molar-refractivity contribution in [2.24, 2.45) is 0 Å². The minimum Gasteiger partial charge on any atom is -0.365 e. The van der Waals surface area contributed by atoms with Crippen molar-refractivity contribution in [3.63, 3.8) is 0 Å². The van der Waals surface area contributed by atoms with Crippen molar-refractivity contribution in [3.05, 3.63) is 16.9 Å². The van der Waals surface area contributed by atoms with Gasteiger partial charge < -0.3 is 14.5 Å². The Morgan fingerprint density at radius 3 is 2.44 bits per heavy atom. The van der Waals surface area contributed by atoms with E-state index >= 15 is 0 Å². The number of hydrogen-bond acceptors (Lipinski definition) is 6. The van der Waals surface area contributed by atoms with Gasteiger partial charge in [0.15, 0.2) is 0 Å². The summed E-state index contributed by atoms with van der Waals surface area (Å²) in [6, 6.07) is 0. The summed E-state index contributed by atoms with van der Waals surface area (Å²) in [6.45, 7) is 7.76. The molecule has 0 N–H and O–H groups in total. The first-order valence-corrected chi connectivity index (χ1v) is 9.71. The molecule has 0 spiro atoms. The minimum atomic E-state index is 0.296. The van der Waals surface area contributed by atoms with Crippen LogP contribution < -0.4 is 4.90 Å². The Labute approximate surface area is 158 Å². The van der Waals surface area contributed by atoms with Crippen molar-refractivity contribution in [1.29, 1.82) is 0 Å². The summed E-state index contributed by atoms with van der Waals surface area (Å²) in [5.41, 5.74) is 0. The van der Waals surface area contributed by atoms with Crippen LogP contribution in [0, 0.1) is 11.8 Å². The van der Waals surface area contributed by atoms with Gasteiger partial charge >= 0.3 is 0 Å². The Morgan fingerprint density at radius 1 is 1.08 bits per heavy atom. The number of piperazine rings is 1. The molecule has 136 valence electrons. The molecular weight excluding hydrogens is 382 g/mol. The molecule has 0 saturated carbocycles. The van der Waals surface area contributed by atoms with Crippen molar-refractivity contribution in [1.82, 2.24) is 19.8 Å². The van der Waals surface area contributed by atoms with E-state index in [0.717, 1.165) is 69.1 Å². The first-order valence-electron chi connectivity index (χ1n) is 8.91. The number of ether oxygens (including phenoxy) is 1. The van der Waals surface area contributed by atoms with Crippen molar-refractivity contribution in [3.8, 4) is 11.8 Å². The molecule has 1 aromatic heterocycles. The molecule has 0 radical (unpaired) electrons. The average Bonchev–Trinajstić information content (AvgIpc) is 2.64. The largest absolute Gasteiger partial charge is 0.365 e. The van der Waals surface area contributed by atoms with Crippen LogP contribution in [-0.2, 0) is 4.74 Å². The number of aromatic nitrogens is 2. The predicted octanol–water partition coefficient (Wildman–Crippen LogP) is 1.48. The molecule has 7 heteroatoms. The van der Waals surface area contributed by atoms with Crippen molar-refractivity contribution in [2.75, 3.05) is 64.4 Å². The molecule has 6 nitrogen and oxygen atoms in total. The Morgan fingerprint density at radius 2 is 1.76 bits per heavy atom. The van der Waals surface area contributed by atoms with E-state index in [0.29, 0.717) is 12.7 Å². The molecule has 0 bridgehead atoms. The number of likely N-dealkylation sites (N-methyl/N-ethyl adjacent to an activating group) is 1. The van der Waals surface area contributed by atoms with Crippen molar-refractivity contribution >= 4 is 21.9 Å². The van der Waals surface area contributed by atoms with Crippen molar-refractivity contribution < 1.29 is 4.74 Å². The molecule has 25 heavy (non-hydrogen) atoms. The lowest BCUT2D eigenvalue weighted by atomic mass is 10.1. The topological polar surface area (TPSA) is 44.7 Å². The molecule has 0 aliphatic carbocycles. The number of halogens is 1. The van der Waals surface area contributed by atoms with E-state index in [9.17, 15) is 0 Å². The second-order valence-corrected chi connectivity index (χ2v) is 7.55. The number of piperidine rings is 1. The Balaban J connectivity index is 1.32. The highest BCUT2D eigenvalue weighted by Crippen LogP contribution is 2.18. The fourth-order valence-corrected chi connectivity index (χ4v) is 3.28. The zero-order valence-corrected chi connectivity index (χ0v) is 16.4. The maximum Gasteiger partial charge on any atom is 0.225 e. The number of hydrogen-bond donors (Lipinski definition) is 0. The van der Waals surface area contributed by atoms with Gasteiger partial charge in [0.2, 0.25) is 5.95 Å². The molecule has 0 aromatic carbocycles. The molecule has 2 aliphatic heterocycles. The third-order valence-corrected chi connectivity index (χ3v) is 5.16. The number of rotatable bonds is 4. The molecule has 0 unspecified atom stereocenters. The van der Waals surface area contributed by atoms with Gasteiger partial charge in [-0.25, -0.2) is 9.97 Å². The van der Waals surface area contributed by atoms with E-state index < -0.39 is 0 Å². The van der Waals surface area contributed by atoms with Gasteiger partial charge in [-0.1, -0.05) is 11.8 Å². The average molecular weight is 408 g/mol. The lowest BCUT2D eigenvalue weighted by molar-refractivity contribution is 0.0592. The first kappa shape index (κ1) is 18.6. The summed E-state index contributed by atoms with van der Waals surface area (Å²) < 4.78 is 6.82. The van der Waals surface area contributed by atoms with Crippen LogP contribution in [0.4, 0.5) is 5.95 Å². The fourth-order valence-electron chi connectivity index (χ4n) is 3.08. The molecule has 2 saturated heterocycles. The highest BCUT2D eigenvalue weighted by atomic mass is 79.9. The summed E-state index contributed by atoms with van der Waals surface area (Å²) in [4.78, 5) is 15.7. The van der Waals surface area contributed by atoms with Crippen LogP contribution >= 0.6 is 15.9 Å². The van der Waals surface area contributed by atoms with E-state index in [-0.39, 0.29) is 0 Å². The maximum absolute atomic E-state index is 5.92. The molecule has 0 amide bonds. The van der Waals surface area contributed by atoms with Crippen LogP contribution in [0.3, 0.4) is 0 Å². The predicted molar refractivity (Wildman–Crippen MR) is 103 cm³/mol. The zero-order chi connectivity index (χ0) is 17.5. The normalized spacial score (nSPS) is 20.3. The Bertz CT molecular complexity index is 584. The van der Waals surface area contributed by atoms with Gasteiger partial charge in [-0.15, -0.1) is 0 Å². The fraction of sp³-hybridized carbons (Fsp3) is 0.667. The van der Waals surface area contributed by atoms with E-state index in [1.165, 1.54) is 0 Å². The summed E-state index contributed by atoms with van der Waals surface area (Å²) in [7, 11) is 2.17. The van der Waals surface area contributed by atoms with Crippen LogP contribution in [-0.4, -0.2) is 85.3 Å². The lowest BCUT2D eigenvalue weighted by Crippen LogP contribution is -2.44. The summed E-state index contributed by atoms with van der Waals surface area (Å²) in [6.07, 6.45) is 5.88. The Hall–Kier alpha value is -1.20. The standard InChI is InChI=1S/C18H26BrN5O/c1-22-9-11-23(12-10-22)6-2-3-13-25-17-4-7-24(8-5-17)18-20-14-16(19)15-21-18/h14-15,17H,4-13H2,1H3. The van der Waals surface area contributed by atoms with Gasteiger partial charge in [0.05, 0.1) is 17.1 Å². The van der Waals surface area contributed by atoms with E-state index in [1.54, 1.807) is 12.4 Å². The minimum absolute atomic E-state index is 0.296. The quantitative estimate of drug-likeness (QED) is 0.704. The van der Waals surface area contributed by atoms with E-state index in [2.05, 4.69) is 59.5 Å². The smallest absolute Gasteiger partial charge is 0.225 e. The van der Waals surface area contributed by atoms with Crippen LogP contribution in [0.1, 0.15) is 12.8 Å². The van der Waals surface area contributed by atoms with Crippen molar-refractivity contribution in [2.45, 2.75) is 18.9 Å². The lowest BCUT2D eigenvalue weighted by Gasteiger charge is -2.31. The van der Waals surface area contributed by atoms with E-state index in [4.69, 9.17) is 4.74 Å². The van der Waals surface area contributed by atoms with Crippen LogP contribution in [0.25, 0.3) is 0 Å². The molecule has 3 heterocycles. The highest BCUT2D eigenvalue weighted by Gasteiger charge is 2.21. The van der Waals surface area contributed by atoms with Gasteiger partial charge in [-0.05, 0) is 35.8 Å². The molecule has 2 aliphatic rings. The molecule has 2 fully saturated rings. The van der Waals surface area contributed by atoms with Gasteiger partial charge in [0, 0.05) is 51.7 Å². The zero-order valence-electron chi connectivity index (χ0n) is 14.8. The molecule has 0 atom stereocenters. The number of nitrogens with zero attached hydrogens (tertiary/aromatic N) is 5. The van der Waals surface area contributed by atoms with Crippen LogP contribution in [0.2, 0.25) is 0 Å². The van der Waals surface area contributed by atoms with Gasteiger partial charge in [0.1, 0.15) is 6.61 Å². The summed E-state index contributed by atoms with van der Waals surface area (Å²) in [5.74, 6) is 7.22. The van der Waals surface area contributed by atoms with Crippen LogP contribution in [0.15, 0.2) is 16.9 Å². The molecule has 1 aromatic rings. The number of anilines is 1. The monoisotopic (exact) mass is 407 g/mol. The van der Waals surface area contributed by atoms with E-state index in [1.807, 2.05) is 0 Å². The second-order valence-electron chi connectivity index (χ2n) is 6.63. The molecular formula is C18H26BrN5O. The first-order chi connectivity index (χ1) is 12.2. The third-order valence-electron chi connectivity index (χ3n) is 4.75. The SMILES string of the molecule is CN1CCN(CC#CCOC2CCN(c3ncc(Br)cn3)CC2)CC1. The summed E-state index contributed by atoms with van der Waals surface area (Å²) in [5, 5.41) is 0. The van der Waals surface area contributed by atoms with Gasteiger partial charge in [0.25, 0.3) is 0 Å². The highest BCUT2D eigenvalue weighted by molar-refractivity contribution is 9.10. The molecule has 3 rings (SSSR count). The summed E-state index contributed by atoms with van der Waals surface area (Å²) >= 11 is 3.37. The Kier molecular flexibility index (Phi) is 7.05. The van der Waals surface area contributed by atoms with Crippen LogP contribution in [0.5, 0.6) is 0 Å². The van der Waals surface area contributed by atoms with Gasteiger partial charge in [-0.2, -0.15) is 0 Å². The third kappa shape index (κ3) is 5.93. The maximum atomic E-state index is 5.92.